The van der Waals surface area contributed by atoms with Crippen LogP contribution in [-0.2, 0) is 11.3 Å². The smallest absolute Gasteiger partial charge is 0.320 e. The summed E-state index contributed by atoms with van der Waals surface area (Å²) in [6.45, 7) is 4.18. The first kappa shape index (κ1) is 15.9. The average Bonchev–Trinajstić information content (AvgIpc) is 3.18. The Morgan fingerprint density at radius 3 is 2.70 bits per heavy atom. The van der Waals surface area contributed by atoms with Crippen LogP contribution in [0, 0.1) is 0 Å². The monoisotopic (exact) mass is 320 g/mol. The SMILES string of the molecule is CN1CCN(C2CCN(CC(=O)NCc3ccco3)CC2)C1=O. The van der Waals surface area contributed by atoms with E-state index in [0.29, 0.717) is 19.1 Å². The van der Waals surface area contributed by atoms with Gasteiger partial charge in [-0.25, -0.2) is 4.79 Å². The molecule has 0 radical (unpaired) electrons. The molecule has 126 valence electrons. The highest BCUT2D eigenvalue weighted by Crippen LogP contribution is 2.20. The van der Waals surface area contributed by atoms with Crippen LogP contribution in [0.25, 0.3) is 0 Å². The molecule has 7 nitrogen and oxygen atoms in total. The van der Waals surface area contributed by atoms with Crippen LogP contribution in [0.3, 0.4) is 0 Å². The van der Waals surface area contributed by atoms with E-state index in [1.807, 2.05) is 24.1 Å². The highest BCUT2D eigenvalue weighted by atomic mass is 16.3. The zero-order valence-electron chi connectivity index (χ0n) is 13.5. The maximum absolute atomic E-state index is 12.0. The Morgan fingerprint density at radius 1 is 1.30 bits per heavy atom. The molecule has 0 saturated carbocycles. The molecule has 3 rings (SSSR count). The first-order valence-corrected chi connectivity index (χ1v) is 8.16. The summed E-state index contributed by atoms with van der Waals surface area (Å²) in [5.74, 6) is 0.769. The minimum absolute atomic E-state index is 0.0110. The Hall–Kier alpha value is -2.02. The molecule has 1 aromatic heterocycles. The first-order valence-electron chi connectivity index (χ1n) is 8.16. The lowest BCUT2D eigenvalue weighted by Gasteiger charge is -2.36. The van der Waals surface area contributed by atoms with Gasteiger partial charge in [0.25, 0.3) is 0 Å². The van der Waals surface area contributed by atoms with E-state index in [2.05, 4.69) is 10.2 Å². The summed E-state index contributed by atoms with van der Waals surface area (Å²) in [6, 6.07) is 4.11. The molecule has 0 spiro atoms. The van der Waals surface area contributed by atoms with Crippen molar-refractivity contribution >= 4 is 11.9 Å². The number of amides is 3. The van der Waals surface area contributed by atoms with E-state index in [1.165, 1.54) is 0 Å². The molecule has 0 aliphatic carbocycles. The highest BCUT2D eigenvalue weighted by Gasteiger charge is 2.33. The van der Waals surface area contributed by atoms with Crippen molar-refractivity contribution in [2.75, 3.05) is 39.8 Å². The Morgan fingerprint density at radius 2 is 2.09 bits per heavy atom. The molecule has 3 amide bonds. The number of piperidine rings is 1. The molecule has 0 atom stereocenters. The molecule has 1 aromatic rings. The fourth-order valence-corrected chi connectivity index (χ4v) is 3.25. The highest BCUT2D eigenvalue weighted by molar-refractivity contribution is 5.78. The van der Waals surface area contributed by atoms with Gasteiger partial charge in [0.2, 0.25) is 5.91 Å². The third kappa shape index (κ3) is 3.85. The van der Waals surface area contributed by atoms with Crippen LogP contribution >= 0.6 is 0 Å². The number of furan rings is 1. The van der Waals surface area contributed by atoms with Gasteiger partial charge in [0.15, 0.2) is 0 Å². The molecule has 0 aromatic carbocycles. The number of nitrogens with one attached hydrogen (secondary N) is 1. The van der Waals surface area contributed by atoms with Crippen LogP contribution in [0.4, 0.5) is 4.79 Å². The number of carbonyl (C=O) groups is 2. The average molecular weight is 320 g/mol. The van der Waals surface area contributed by atoms with E-state index in [0.717, 1.165) is 44.8 Å². The predicted molar refractivity (Wildman–Crippen MR) is 84.7 cm³/mol. The molecular formula is C16H24N4O3. The molecule has 2 saturated heterocycles. The van der Waals surface area contributed by atoms with Gasteiger partial charge < -0.3 is 19.5 Å². The number of urea groups is 1. The summed E-state index contributed by atoms with van der Waals surface area (Å²) in [7, 11) is 1.85. The summed E-state index contributed by atoms with van der Waals surface area (Å²) < 4.78 is 5.19. The van der Waals surface area contributed by atoms with Crippen molar-refractivity contribution in [3.63, 3.8) is 0 Å². The van der Waals surface area contributed by atoms with E-state index in [9.17, 15) is 9.59 Å². The molecular weight excluding hydrogens is 296 g/mol. The number of carbonyl (C=O) groups excluding carboxylic acids is 2. The number of nitrogens with zero attached hydrogens (tertiary/aromatic N) is 3. The van der Waals surface area contributed by atoms with Crippen LogP contribution < -0.4 is 5.32 Å². The summed E-state index contributed by atoms with van der Waals surface area (Å²) in [4.78, 5) is 29.9. The number of likely N-dealkylation sites (N-methyl/N-ethyl adjacent to an activating group) is 1. The molecule has 2 aliphatic heterocycles. The lowest BCUT2D eigenvalue weighted by atomic mass is 10.0. The minimum Gasteiger partial charge on any atom is -0.467 e. The van der Waals surface area contributed by atoms with E-state index >= 15 is 0 Å². The van der Waals surface area contributed by atoms with Crippen molar-refractivity contribution in [3.8, 4) is 0 Å². The number of hydrogen-bond acceptors (Lipinski definition) is 4. The second-order valence-corrected chi connectivity index (χ2v) is 6.26. The van der Waals surface area contributed by atoms with Gasteiger partial charge in [-0.2, -0.15) is 0 Å². The number of likely N-dealkylation sites (tertiary alicyclic amines) is 1. The normalized spacial score (nSPS) is 20.3. The van der Waals surface area contributed by atoms with Crippen molar-refractivity contribution < 1.29 is 14.0 Å². The number of hydrogen-bond donors (Lipinski definition) is 1. The minimum atomic E-state index is 0.0110. The Labute approximate surface area is 136 Å². The summed E-state index contributed by atoms with van der Waals surface area (Å²) >= 11 is 0. The summed E-state index contributed by atoms with van der Waals surface area (Å²) in [5.41, 5.74) is 0. The van der Waals surface area contributed by atoms with E-state index < -0.39 is 0 Å². The van der Waals surface area contributed by atoms with Crippen LogP contribution in [0.15, 0.2) is 22.8 Å². The fraction of sp³-hybridized carbons (Fsp3) is 0.625. The lowest BCUT2D eigenvalue weighted by Crippen LogP contribution is -2.48. The van der Waals surface area contributed by atoms with Crippen molar-refractivity contribution in [1.29, 1.82) is 0 Å². The van der Waals surface area contributed by atoms with Crippen LogP contribution in [0.1, 0.15) is 18.6 Å². The number of rotatable bonds is 5. The van der Waals surface area contributed by atoms with Crippen LogP contribution in [0.5, 0.6) is 0 Å². The summed E-state index contributed by atoms with van der Waals surface area (Å²) in [5, 5.41) is 2.87. The van der Waals surface area contributed by atoms with Gasteiger partial charge in [0.05, 0.1) is 19.4 Å². The van der Waals surface area contributed by atoms with Crippen molar-refractivity contribution in [3.05, 3.63) is 24.2 Å². The lowest BCUT2D eigenvalue weighted by molar-refractivity contribution is -0.122. The Balaban J connectivity index is 1.39. The Bertz CT molecular complexity index is 538. The van der Waals surface area contributed by atoms with Gasteiger partial charge >= 0.3 is 6.03 Å². The zero-order chi connectivity index (χ0) is 16.2. The van der Waals surface area contributed by atoms with Gasteiger partial charge in [0.1, 0.15) is 5.76 Å². The second kappa shape index (κ2) is 7.04. The summed E-state index contributed by atoms with van der Waals surface area (Å²) in [6.07, 6.45) is 3.47. The largest absolute Gasteiger partial charge is 0.467 e. The van der Waals surface area contributed by atoms with E-state index in [4.69, 9.17) is 4.42 Å². The predicted octanol–water partition coefficient (Wildman–Crippen LogP) is 0.728. The van der Waals surface area contributed by atoms with Gasteiger partial charge in [-0.15, -0.1) is 0 Å². The second-order valence-electron chi connectivity index (χ2n) is 6.26. The fourth-order valence-electron chi connectivity index (χ4n) is 3.25. The first-order chi connectivity index (χ1) is 11.1. The van der Waals surface area contributed by atoms with Gasteiger partial charge in [-0.3, -0.25) is 9.69 Å². The van der Waals surface area contributed by atoms with Gasteiger partial charge in [-0.05, 0) is 25.0 Å². The van der Waals surface area contributed by atoms with Crippen LogP contribution in [-0.4, -0.2) is 72.5 Å². The van der Waals surface area contributed by atoms with Gasteiger partial charge in [-0.1, -0.05) is 0 Å². The quantitative estimate of drug-likeness (QED) is 0.868. The molecule has 0 bridgehead atoms. The standard InChI is InChI=1S/C16H24N4O3/c1-18-8-9-20(16(18)22)13-4-6-19(7-5-13)12-15(21)17-11-14-3-2-10-23-14/h2-3,10,13H,4-9,11-12H2,1H3,(H,17,21). The van der Waals surface area contributed by atoms with Gasteiger partial charge in [0, 0.05) is 39.3 Å². The van der Waals surface area contributed by atoms with E-state index in [1.54, 1.807) is 11.2 Å². The molecule has 2 aliphatic rings. The maximum Gasteiger partial charge on any atom is 0.320 e. The molecule has 23 heavy (non-hydrogen) atoms. The topological polar surface area (TPSA) is 69.0 Å². The van der Waals surface area contributed by atoms with Crippen molar-refractivity contribution in [2.24, 2.45) is 0 Å². The van der Waals surface area contributed by atoms with Crippen molar-refractivity contribution in [1.82, 2.24) is 20.0 Å². The molecule has 1 N–H and O–H groups in total. The Kier molecular flexibility index (Phi) is 4.85. The molecule has 3 heterocycles. The third-order valence-corrected chi connectivity index (χ3v) is 4.65. The molecule has 7 heteroatoms. The molecule has 2 fully saturated rings. The van der Waals surface area contributed by atoms with Crippen molar-refractivity contribution in [2.45, 2.75) is 25.4 Å². The van der Waals surface area contributed by atoms with Crippen LogP contribution in [0.2, 0.25) is 0 Å². The molecule has 0 unspecified atom stereocenters. The zero-order valence-corrected chi connectivity index (χ0v) is 13.5. The van der Waals surface area contributed by atoms with E-state index in [-0.39, 0.29) is 11.9 Å². The maximum atomic E-state index is 12.0. The third-order valence-electron chi connectivity index (χ3n) is 4.65.